The number of nitrogens with zero attached hydrogens (tertiary/aromatic N) is 5. The van der Waals surface area contributed by atoms with Crippen LogP contribution in [0.5, 0.6) is 0 Å². The fourth-order valence-electron chi connectivity index (χ4n) is 4.05. The van der Waals surface area contributed by atoms with Crippen LogP contribution in [-0.2, 0) is 12.6 Å². The fraction of sp³-hybridized carbons (Fsp3) is 0.107. The highest BCUT2D eigenvalue weighted by atomic mass is 35.5. The third-order valence-corrected chi connectivity index (χ3v) is 6.26. The van der Waals surface area contributed by atoms with Gasteiger partial charge in [-0.15, -0.1) is 0 Å². The molecule has 9 nitrogen and oxygen atoms in total. The number of nitrogen functional groups attached to an aromatic ring is 2. The van der Waals surface area contributed by atoms with Gasteiger partial charge in [0, 0.05) is 19.2 Å². The van der Waals surface area contributed by atoms with E-state index in [1.165, 1.54) is 10.8 Å². The maximum atomic E-state index is 13.4. The smallest absolute Gasteiger partial charge is 0.384 e. The van der Waals surface area contributed by atoms with Gasteiger partial charge in [0.2, 0.25) is 5.95 Å². The average Bonchev–Trinajstić information content (AvgIpc) is 2.93. The van der Waals surface area contributed by atoms with Gasteiger partial charge in [0.25, 0.3) is 5.56 Å². The molecule has 3 heterocycles. The number of halogens is 4. The molecule has 206 valence electrons. The van der Waals surface area contributed by atoms with Crippen molar-refractivity contribution in [3.63, 3.8) is 0 Å². The Morgan fingerprint density at radius 3 is 2.41 bits per heavy atom. The fourth-order valence-corrected chi connectivity index (χ4v) is 4.30. The highest BCUT2D eigenvalue weighted by Crippen LogP contribution is 2.32. The van der Waals surface area contributed by atoms with Crippen molar-refractivity contribution in [1.82, 2.24) is 24.5 Å². The number of pyridine rings is 1. The molecule has 0 fully saturated rings. The maximum absolute atomic E-state index is 13.4. The Hall–Kier alpha value is -5.15. The van der Waals surface area contributed by atoms with E-state index in [1.54, 1.807) is 30.3 Å². The number of nitrogens with one attached hydrogen (secondary N) is 1. The molecule has 0 spiro atoms. The molecule has 0 saturated heterocycles. The maximum Gasteiger partial charge on any atom is 0.417 e. The van der Waals surface area contributed by atoms with Crippen LogP contribution < -0.4 is 22.3 Å². The molecule has 0 atom stereocenters. The van der Waals surface area contributed by atoms with Crippen molar-refractivity contribution in [2.45, 2.75) is 12.6 Å². The largest absolute Gasteiger partial charge is 0.417 e. The Bertz CT molecular complexity index is 1880. The molecule has 0 aliphatic carbocycles. The predicted octanol–water partition coefficient (Wildman–Crippen LogP) is 4.46. The van der Waals surface area contributed by atoms with E-state index in [0.29, 0.717) is 39.9 Å². The van der Waals surface area contributed by atoms with Crippen LogP contribution >= 0.6 is 11.6 Å². The van der Waals surface area contributed by atoms with E-state index in [0.717, 1.165) is 6.20 Å². The summed E-state index contributed by atoms with van der Waals surface area (Å²) in [6.07, 6.45) is -2.11. The third kappa shape index (κ3) is 5.90. The molecule has 0 amide bonds. The second kappa shape index (κ2) is 11.1. The average molecular weight is 577 g/mol. The number of para-hydroxylation sites is 1. The zero-order valence-electron chi connectivity index (χ0n) is 21.1. The Kier molecular flexibility index (Phi) is 7.45. The van der Waals surface area contributed by atoms with Gasteiger partial charge in [-0.3, -0.25) is 9.36 Å². The first-order chi connectivity index (χ1) is 19.6. The molecule has 0 radical (unpaired) electrons. The van der Waals surface area contributed by atoms with E-state index < -0.39 is 11.7 Å². The van der Waals surface area contributed by atoms with E-state index in [-0.39, 0.29) is 40.8 Å². The lowest BCUT2D eigenvalue weighted by Gasteiger charge is -2.14. The van der Waals surface area contributed by atoms with E-state index in [2.05, 4.69) is 37.1 Å². The highest BCUT2D eigenvalue weighted by molar-refractivity contribution is 6.35. The molecule has 5 aromatic rings. The van der Waals surface area contributed by atoms with Gasteiger partial charge in [0.15, 0.2) is 0 Å². The number of hydrogen-bond acceptors (Lipinski definition) is 8. The second-order valence-corrected chi connectivity index (χ2v) is 9.12. The Balaban J connectivity index is 1.37. The zero-order chi connectivity index (χ0) is 29.1. The van der Waals surface area contributed by atoms with Crippen LogP contribution in [-0.4, -0.2) is 31.0 Å². The highest BCUT2D eigenvalue weighted by Gasteiger charge is 2.33. The van der Waals surface area contributed by atoms with Crippen LogP contribution in [0.15, 0.2) is 71.8 Å². The van der Waals surface area contributed by atoms with Crippen molar-refractivity contribution < 1.29 is 13.2 Å². The summed E-state index contributed by atoms with van der Waals surface area (Å²) in [7, 11) is 0. The van der Waals surface area contributed by atoms with Crippen molar-refractivity contribution in [2.24, 2.45) is 0 Å². The number of benzene rings is 2. The summed E-state index contributed by atoms with van der Waals surface area (Å²) in [5.41, 5.74) is 11.0. The van der Waals surface area contributed by atoms with Gasteiger partial charge in [0.1, 0.15) is 17.5 Å². The minimum atomic E-state index is -4.66. The van der Waals surface area contributed by atoms with Crippen LogP contribution in [0.4, 0.5) is 30.8 Å². The summed E-state index contributed by atoms with van der Waals surface area (Å²) >= 11 is 6.32. The number of anilines is 3. The second-order valence-electron chi connectivity index (χ2n) is 8.71. The number of fused-ring (bicyclic) bond motifs is 1. The molecule has 0 unspecified atom stereocenters. The molecule has 5 N–H and O–H groups in total. The molecule has 0 aliphatic rings. The summed E-state index contributed by atoms with van der Waals surface area (Å²) in [5.74, 6) is 5.31. The monoisotopic (exact) mass is 576 g/mol. The Morgan fingerprint density at radius 2 is 1.68 bits per heavy atom. The van der Waals surface area contributed by atoms with Gasteiger partial charge in [0.05, 0.1) is 44.5 Å². The lowest BCUT2D eigenvalue weighted by molar-refractivity contribution is -0.137. The van der Waals surface area contributed by atoms with Gasteiger partial charge in [-0.1, -0.05) is 47.7 Å². The lowest BCUT2D eigenvalue weighted by atomic mass is 10.1. The van der Waals surface area contributed by atoms with Crippen LogP contribution in [0.1, 0.15) is 22.5 Å². The summed E-state index contributed by atoms with van der Waals surface area (Å²) in [5, 5.41) is 3.65. The van der Waals surface area contributed by atoms with E-state index >= 15 is 0 Å². The molecule has 3 aromatic heterocycles. The van der Waals surface area contributed by atoms with Gasteiger partial charge in [-0.05, 0) is 30.3 Å². The summed E-state index contributed by atoms with van der Waals surface area (Å²) < 4.78 is 41.5. The molecular formula is C28H20ClF3N8O. The summed E-state index contributed by atoms with van der Waals surface area (Å²) in [6.45, 7) is 0.280. The van der Waals surface area contributed by atoms with Crippen molar-refractivity contribution in [3.05, 3.63) is 105 Å². The minimum Gasteiger partial charge on any atom is -0.384 e. The van der Waals surface area contributed by atoms with Crippen LogP contribution in [0, 0.1) is 11.8 Å². The Morgan fingerprint density at radius 1 is 0.951 bits per heavy atom. The van der Waals surface area contributed by atoms with Gasteiger partial charge >= 0.3 is 6.18 Å². The SMILES string of the molecule is Nc1cc(C(F)(F)F)c(C#Cc2cnc(NCCc3nc4cccc(Cl)c4c(=O)n3-c3ccccc3)nc2N)cn1. The predicted molar refractivity (Wildman–Crippen MR) is 151 cm³/mol. The summed E-state index contributed by atoms with van der Waals surface area (Å²) in [4.78, 5) is 30.1. The van der Waals surface area contributed by atoms with Crippen LogP contribution in [0.3, 0.4) is 0 Å². The standard InChI is InChI=1S/C28H20ClF3N8O/c29-20-7-4-8-21-24(20)26(41)40(18-5-2-1-3-6-18)23(38-21)11-12-35-27-37-15-17(25(34)39-27)10-9-16-14-36-22(33)13-19(16)28(30,31)32/h1-8,13-15H,11-12H2,(H2,33,36)(H3,34,35,37,39). The molecule has 0 saturated carbocycles. The minimum absolute atomic E-state index is 0.0355. The number of aromatic nitrogens is 5. The molecule has 5 rings (SSSR count). The molecule has 13 heteroatoms. The van der Waals surface area contributed by atoms with Crippen LogP contribution in [0.2, 0.25) is 5.02 Å². The first kappa shape index (κ1) is 27.4. The number of hydrogen-bond donors (Lipinski definition) is 3. The quantitative estimate of drug-likeness (QED) is 0.261. The van der Waals surface area contributed by atoms with Gasteiger partial charge in [-0.25, -0.2) is 15.0 Å². The number of nitrogens with two attached hydrogens (primary N) is 2. The van der Waals surface area contributed by atoms with E-state index in [4.69, 9.17) is 23.1 Å². The van der Waals surface area contributed by atoms with Gasteiger partial charge < -0.3 is 16.8 Å². The molecule has 2 aromatic carbocycles. The third-order valence-electron chi connectivity index (χ3n) is 5.94. The van der Waals surface area contributed by atoms with Crippen molar-refractivity contribution in [2.75, 3.05) is 23.3 Å². The van der Waals surface area contributed by atoms with Gasteiger partial charge in [-0.2, -0.15) is 18.2 Å². The lowest BCUT2D eigenvalue weighted by Crippen LogP contribution is -2.25. The Labute approximate surface area is 236 Å². The first-order valence-corrected chi connectivity index (χ1v) is 12.5. The molecule has 0 bridgehead atoms. The zero-order valence-corrected chi connectivity index (χ0v) is 21.8. The van der Waals surface area contributed by atoms with E-state index in [1.807, 2.05) is 18.2 Å². The van der Waals surface area contributed by atoms with Crippen LogP contribution in [0.25, 0.3) is 16.6 Å². The van der Waals surface area contributed by atoms with E-state index in [9.17, 15) is 18.0 Å². The summed E-state index contributed by atoms with van der Waals surface area (Å²) in [6, 6.07) is 14.9. The van der Waals surface area contributed by atoms with Crippen molar-refractivity contribution in [3.8, 4) is 17.5 Å². The van der Waals surface area contributed by atoms with Crippen molar-refractivity contribution in [1.29, 1.82) is 0 Å². The topological polar surface area (TPSA) is 138 Å². The van der Waals surface area contributed by atoms with Crippen molar-refractivity contribution >= 4 is 40.1 Å². The molecular weight excluding hydrogens is 557 g/mol. The normalized spacial score (nSPS) is 11.2. The first-order valence-electron chi connectivity index (χ1n) is 12.1. The number of rotatable bonds is 5. The molecule has 41 heavy (non-hydrogen) atoms. The number of alkyl halides is 3. The molecule has 0 aliphatic heterocycles.